The van der Waals surface area contributed by atoms with E-state index in [1.807, 2.05) is 0 Å². The molecule has 0 radical (unpaired) electrons. The SMILES string of the molecule is FC(F)(F)c1ncsc1CNC1CC1. The number of hydrogen-bond acceptors (Lipinski definition) is 3. The summed E-state index contributed by atoms with van der Waals surface area (Å²) in [5.74, 6) is 0. The van der Waals surface area contributed by atoms with Gasteiger partial charge in [0.25, 0.3) is 0 Å². The van der Waals surface area contributed by atoms with Crippen molar-refractivity contribution in [2.24, 2.45) is 0 Å². The van der Waals surface area contributed by atoms with Crippen LogP contribution in [0.1, 0.15) is 23.4 Å². The largest absolute Gasteiger partial charge is 0.434 e. The molecule has 1 aromatic rings. The summed E-state index contributed by atoms with van der Waals surface area (Å²) >= 11 is 1.05. The Morgan fingerprint density at radius 1 is 1.50 bits per heavy atom. The average molecular weight is 222 g/mol. The normalized spacial score (nSPS) is 17.4. The molecule has 0 spiro atoms. The van der Waals surface area contributed by atoms with Gasteiger partial charge in [0.1, 0.15) is 0 Å². The van der Waals surface area contributed by atoms with Crippen LogP contribution in [0.15, 0.2) is 5.51 Å². The van der Waals surface area contributed by atoms with E-state index in [1.54, 1.807) is 0 Å². The van der Waals surface area contributed by atoms with Crippen LogP contribution in [-0.2, 0) is 12.7 Å². The lowest BCUT2D eigenvalue weighted by Gasteiger charge is -2.06. The number of halogens is 3. The minimum atomic E-state index is -4.32. The lowest BCUT2D eigenvalue weighted by Crippen LogP contribution is -2.18. The zero-order chi connectivity index (χ0) is 10.2. The molecule has 6 heteroatoms. The highest BCUT2D eigenvalue weighted by atomic mass is 32.1. The first-order chi connectivity index (χ1) is 6.57. The van der Waals surface area contributed by atoms with Crippen molar-refractivity contribution in [1.82, 2.24) is 10.3 Å². The summed E-state index contributed by atoms with van der Waals surface area (Å²) in [4.78, 5) is 3.62. The summed E-state index contributed by atoms with van der Waals surface area (Å²) in [6.07, 6.45) is -2.18. The number of rotatable bonds is 3. The van der Waals surface area contributed by atoms with E-state index in [0.717, 1.165) is 24.2 Å². The fourth-order valence-corrected chi connectivity index (χ4v) is 1.88. The van der Waals surface area contributed by atoms with Crippen LogP contribution in [0, 0.1) is 0 Å². The third-order valence-electron chi connectivity index (χ3n) is 2.04. The molecular formula is C8H9F3N2S. The molecule has 1 aliphatic carbocycles. The molecule has 1 N–H and O–H groups in total. The zero-order valence-electron chi connectivity index (χ0n) is 7.27. The number of hydrogen-bond donors (Lipinski definition) is 1. The minimum absolute atomic E-state index is 0.282. The first-order valence-electron chi connectivity index (χ1n) is 4.30. The van der Waals surface area contributed by atoms with Crippen LogP contribution < -0.4 is 5.32 Å². The van der Waals surface area contributed by atoms with E-state index in [1.165, 1.54) is 5.51 Å². The second-order valence-corrected chi connectivity index (χ2v) is 4.22. The van der Waals surface area contributed by atoms with Gasteiger partial charge in [-0.25, -0.2) is 4.98 Å². The molecule has 1 aliphatic rings. The predicted octanol–water partition coefficient (Wildman–Crippen LogP) is 2.41. The predicted molar refractivity (Wildman–Crippen MR) is 47.0 cm³/mol. The summed E-state index contributed by atoms with van der Waals surface area (Å²) in [6.45, 7) is 0.282. The highest BCUT2D eigenvalue weighted by molar-refractivity contribution is 7.09. The maximum absolute atomic E-state index is 12.3. The average Bonchev–Trinajstić information content (AvgIpc) is 2.77. The third-order valence-corrected chi connectivity index (χ3v) is 2.87. The Bertz CT molecular complexity index is 317. The number of nitrogens with one attached hydrogen (secondary N) is 1. The molecule has 0 saturated heterocycles. The van der Waals surface area contributed by atoms with Gasteiger partial charge in [-0.15, -0.1) is 11.3 Å². The Hall–Kier alpha value is -0.620. The first-order valence-corrected chi connectivity index (χ1v) is 5.18. The van der Waals surface area contributed by atoms with Gasteiger partial charge in [0.2, 0.25) is 0 Å². The van der Waals surface area contributed by atoms with Crippen molar-refractivity contribution in [3.8, 4) is 0 Å². The Labute approximate surface area is 83.2 Å². The molecule has 1 heterocycles. The highest BCUT2D eigenvalue weighted by Gasteiger charge is 2.36. The molecule has 78 valence electrons. The molecule has 2 nitrogen and oxygen atoms in total. The van der Waals surface area contributed by atoms with Crippen LogP contribution in [0.2, 0.25) is 0 Å². The number of thiazole rings is 1. The van der Waals surface area contributed by atoms with Crippen molar-refractivity contribution in [3.05, 3.63) is 16.1 Å². The second-order valence-electron chi connectivity index (χ2n) is 3.28. The van der Waals surface area contributed by atoms with E-state index in [-0.39, 0.29) is 11.4 Å². The summed E-state index contributed by atoms with van der Waals surface area (Å²) in [5.41, 5.74) is 0.503. The fourth-order valence-electron chi connectivity index (χ4n) is 1.15. The Kier molecular flexibility index (Phi) is 2.48. The quantitative estimate of drug-likeness (QED) is 0.849. The topological polar surface area (TPSA) is 24.9 Å². The van der Waals surface area contributed by atoms with Crippen molar-refractivity contribution in [2.45, 2.75) is 31.6 Å². The maximum Gasteiger partial charge on any atom is 0.434 e. The van der Waals surface area contributed by atoms with E-state index in [9.17, 15) is 13.2 Å². The smallest absolute Gasteiger partial charge is 0.309 e. The molecule has 0 atom stereocenters. The van der Waals surface area contributed by atoms with Gasteiger partial charge in [-0.3, -0.25) is 0 Å². The van der Waals surface area contributed by atoms with E-state index < -0.39 is 11.9 Å². The van der Waals surface area contributed by atoms with Gasteiger partial charge >= 0.3 is 6.18 Å². The first kappa shape index (κ1) is 9.92. The number of aromatic nitrogens is 1. The molecule has 0 unspecified atom stereocenters. The van der Waals surface area contributed by atoms with Crippen LogP contribution in [-0.4, -0.2) is 11.0 Å². The summed E-state index contributed by atoms with van der Waals surface area (Å²) in [7, 11) is 0. The minimum Gasteiger partial charge on any atom is -0.309 e. The van der Waals surface area contributed by atoms with Gasteiger partial charge in [0.15, 0.2) is 5.69 Å². The van der Waals surface area contributed by atoms with Gasteiger partial charge in [0.05, 0.1) is 10.4 Å². The maximum atomic E-state index is 12.3. The molecule has 0 bridgehead atoms. The lowest BCUT2D eigenvalue weighted by atomic mass is 10.3. The molecular weight excluding hydrogens is 213 g/mol. The summed E-state index contributed by atoms with van der Waals surface area (Å²) in [6, 6.07) is 0.415. The molecule has 2 rings (SSSR count). The molecule has 1 aromatic heterocycles. The van der Waals surface area contributed by atoms with Crippen molar-refractivity contribution in [3.63, 3.8) is 0 Å². The number of alkyl halides is 3. The summed E-state index contributed by atoms with van der Waals surface area (Å²) < 4.78 is 37.0. The lowest BCUT2D eigenvalue weighted by molar-refractivity contribution is -0.141. The van der Waals surface area contributed by atoms with Gasteiger partial charge in [0, 0.05) is 12.6 Å². The second kappa shape index (κ2) is 3.51. The Morgan fingerprint density at radius 3 is 2.79 bits per heavy atom. The Morgan fingerprint density at radius 2 is 2.21 bits per heavy atom. The molecule has 0 aromatic carbocycles. The van der Waals surface area contributed by atoms with Crippen LogP contribution in [0.25, 0.3) is 0 Å². The van der Waals surface area contributed by atoms with E-state index in [0.29, 0.717) is 6.04 Å². The van der Waals surface area contributed by atoms with Crippen LogP contribution >= 0.6 is 11.3 Å². The van der Waals surface area contributed by atoms with Gasteiger partial charge in [-0.05, 0) is 12.8 Å². The van der Waals surface area contributed by atoms with Crippen molar-refractivity contribution >= 4 is 11.3 Å². The van der Waals surface area contributed by atoms with Crippen LogP contribution in [0.5, 0.6) is 0 Å². The number of nitrogens with zero attached hydrogens (tertiary/aromatic N) is 1. The van der Waals surface area contributed by atoms with Crippen molar-refractivity contribution < 1.29 is 13.2 Å². The molecule has 0 aliphatic heterocycles. The standard InChI is InChI=1S/C8H9F3N2S/c9-8(10,11)7-6(14-4-13-7)3-12-5-1-2-5/h4-5,12H,1-3H2. The van der Waals surface area contributed by atoms with Crippen molar-refractivity contribution in [2.75, 3.05) is 0 Å². The molecule has 1 saturated carbocycles. The summed E-state index contributed by atoms with van der Waals surface area (Å²) in [5, 5.41) is 3.04. The fraction of sp³-hybridized carbons (Fsp3) is 0.625. The van der Waals surface area contributed by atoms with E-state index in [4.69, 9.17) is 0 Å². The zero-order valence-corrected chi connectivity index (χ0v) is 8.08. The van der Waals surface area contributed by atoms with Gasteiger partial charge < -0.3 is 5.32 Å². The van der Waals surface area contributed by atoms with Crippen LogP contribution in [0.3, 0.4) is 0 Å². The van der Waals surface area contributed by atoms with Crippen molar-refractivity contribution in [1.29, 1.82) is 0 Å². The van der Waals surface area contributed by atoms with E-state index >= 15 is 0 Å². The Balaban J connectivity index is 2.04. The monoisotopic (exact) mass is 222 g/mol. The van der Waals surface area contributed by atoms with Gasteiger partial charge in [-0.2, -0.15) is 13.2 Å². The third kappa shape index (κ3) is 2.24. The highest BCUT2D eigenvalue weighted by Crippen LogP contribution is 2.33. The van der Waals surface area contributed by atoms with E-state index in [2.05, 4.69) is 10.3 Å². The van der Waals surface area contributed by atoms with Gasteiger partial charge in [-0.1, -0.05) is 0 Å². The molecule has 0 amide bonds. The molecule has 1 fully saturated rings. The molecule has 14 heavy (non-hydrogen) atoms. The van der Waals surface area contributed by atoms with Crippen LogP contribution in [0.4, 0.5) is 13.2 Å².